The van der Waals surface area contributed by atoms with Crippen LogP contribution < -0.4 is 10.1 Å². The summed E-state index contributed by atoms with van der Waals surface area (Å²) in [5.41, 5.74) is 0.527. The molecule has 2 heterocycles. The summed E-state index contributed by atoms with van der Waals surface area (Å²) in [5, 5.41) is 13.3. The molecule has 0 aliphatic carbocycles. The zero-order valence-electron chi connectivity index (χ0n) is 15.5. The molecule has 1 amide bonds. The number of nitrogens with one attached hydrogen (secondary N) is 2. The predicted molar refractivity (Wildman–Crippen MR) is 96.9 cm³/mol. The van der Waals surface area contributed by atoms with Gasteiger partial charge in [-0.25, -0.2) is 4.98 Å². The van der Waals surface area contributed by atoms with E-state index in [1.54, 1.807) is 24.3 Å². The Morgan fingerprint density at radius 2 is 2.07 bits per heavy atom. The van der Waals surface area contributed by atoms with Crippen molar-refractivity contribution in [3.05, 3.63) is 42.0 Å². The third-order valence-electron chi connectivity index (χ3n) is 3.88. The highest BCUT2D eigenvalue weighted by atomic mass is 16.5. The molecule has 3 aromatic rings. The van der Waals surface area contributed by atoms with E-state index in [1.807, 2.05) is 20.8 Å². The summed E-state index contributed by atoms with van der Waals surface area (Å²) in [6.07, 6.45) is 2.29. The number of ether oxygens (including phenoxy) is 1. The Morgan fingerprint density at radius 1 is 1.30 bits per heavy atom. The fourth-order valence-electron chi connectivity index (χ4n) is 2.43. The van der Waals surface area contributed by atoms with E-state index in [2.05, 4.69) is 30.6 Å². The third-order valence-corrected chi connectivity index (χ3v) is 3.88. The number of aromatic nitrogens is 5. The van der Waals surface area contributed by atoms with Gasteiger partial charge in [0, 0.05) is 5.56 Å². The van der Waals surface area contributed by atoms with E-state index in [9.17, 15) is 4.79 Å². The predicted octanol–water partition coefficient (Wildman–Crippen LogP) is 2.77. The van der Waals surface area contributed by atoms with Gasteiger partial charge in [0.25, 0.3) is 5.91 Å². The third kappa shape index (κ3) is 4.49. The van der Waals surface area contributed by atoms with Gasteiger partial charge in [-0.15, -0.1) is 0 Å². The van der Waals surface area contributed by atoms with E-state index in [-0.39, 0.29) is 11.8 Å². The number of amides is 1. The van der Waals surface area contributed by atoms with Crippen LogP contribution in [0.3, 0.4) is 0 Å². The molecule has 142 valence electrons. The second-order valence-corrected chi connectivity index (χ2v) is 6.36. The Kier molecular flexibility index (Phi) is 5.80. The normalized spacial score (nSPS) is 12.1. The largest absolute Gasteiger partial charge is 0.494 e. The monoisotopic (exact) mass is 370 g/mol. The number of benzene rings is 1. The molecule has 9 nitrogen and oxygen atoms in total. The van der Waals surface area contributed by atoms with Crippen molar-refractivity contribution in [2.24, 2.45) is 5.92 Å². The lowest BCUT2D eigenvalue weighted by Gasteiger charge is -2.18. The summed E-state index contributed by atoms with van der Waals surface area (Å²) in [6.45, 7) is 6.61. The van der Waals surface area contributed by atoms with Gasteiger partial charge in [-0.2, -0.15) is 10.1 Å². The van der Waals surface area contributed by atoms with Gasteiger partial charge in [-0.3, -0.25) is 9.89 Å². The average molecular weight is 370 g/mol. The molecule has 0 aliphatic heterocycles. The molecular weight excluding hydrogens is 348 g/mol. The lowest BCUT2D eigenvalue weighted by Crippen LogP contribution is -2.32. The molecule has 1 aromatic carbocycles. The summed E-state index contributed by atoms with van der Waals surface area (Å²) >= 11 is 0. The molecule has 1 atom stereocenters. The number of hydrogen-bond acceptors (Lipinski definition) is 7. The standard InChI is InChI=1S/C18H22N6O3/c1-4-9-26-13-7-5-12(6-8-13)17(25)21-14(11(2)3)18-22-16(24-27-18)15-19-10-20-23-15/h5-8,10-11,14H,4,9H2,1-3H3,(H,21,25)(H,19,20,23). The summed E-state index contributed by atoms with van der Waals surface area (Å²) in [5.74, 6) is 1.57. The van der Waals surface area contributed by atoms with Gasteiger partial charge in [-0.1, -0.05) is 25.9 Å². The minimum Gasteiger partial charge on any atom is -0.494 e. The van der Waals surface area contributed by atoms with Crippen LogP contribution in [-0.4, -0.2) is 37.8 Å². The van der Waals surface area contributed by atoms with Crippen LogP contribution in [-0.2, 0) is 0 Å². The summed E-state index contributed by atoms with van der Waals surface area (Å²) in [4.78, 5) is 20.9. The van der Waals surface area contributed by atoms with Crippen molar-refractivity contribution >= 4 is 5.91 Å². The van der Waals surface area contributed by atoms with Crippen LogP contribution >= 0.6 is 0 Å². The maximum Gasteiger partial charge on any atom is 0.251 e. The lowest BCUT2D eigenvalue weighted by molar-refractivity contribution is 0.0914. The quantitative estimate of drug-likeness (QED) is 0.626. The molecular formula is C18H22N6O3. The van der Waals surface area contributed by atoms with E-state index >= 15 is 0 Å². The highest BCUT2D eigenvalue weighted by Crippen LogP contribution is 2.23. The van der Waals surface area contributed by atoms with Gasteiger partial charge < -0.3 is 14.6 Å². The summed E-state index contributed by atoms with van der Waals surface area (Å²) in [7, 11) is 0. The smallest absolute Gasteiger partial charge is 0.251 e. The van der Waals surface area contributed by atoms with E-state index < -0.39 is 6.04 Å². The Bertz CT molecular complexity index is 858. The van der Waals surface area contributed by atoms with Crippen LogP contribution in [0.1, 0.15) is 49.5 Å². The van der Waals surface area contributed by atoms with Crippen molar-refractivity contribution in [1.29, 1.82) is 0 Å². The van der Waals surface area contributed by atoms with Crippen LogP contribution in [0.5, 0.6) is 5.75 Å². The van der Waals surface area contributed by atoms with Crippen LogP contribution in [0, 0.1) is 5.92 Å². The molecule has 0 saturated carbocycles. The van der Waals surface area contributed by atoms with Crippen molar-refractivity contribution in [3.8, 4) is 17.4 Å². The molecule has 0 fully saturated rings. The minimum absolute atomic E-state index is 0.0455. The maximum absolute atomic E-state index is 12.6. The number of aromatic amines is 1. The first-order valence-electron chi connectivity index (χ1n) is 8.81. The van der Waals surface area contributed by atoms with Crippen molar-refractivity contribution < 1.29 is 14.1 Å². The highest BCUT2D eigenvalue weighted by Gasteiger charge is 2.26. The van der Waals surface area contributed by atoms with E-state index in [0.717, 1.165) is 12.2 Å². The van der Waals surface area contributed by atoms with E-state index in [0.29, 0.717) is 29.7 Å². The lowest BCUT2D eigenvalue weighted by atomic mass is 10.0. The van der Waals surface area contributed by atoms with Gasteiger partial charge >= 0.3 is 0 Å². The van der Waals surface area contributed by atoms with Crippen LogP contribution in [0.4, 0.5) is 0 Å². The fraction of sp³-hybridized carbons (Fsp3) is 0.389. The number of hydrogen-bond donors (Lipinski definition) is 2. The molecule has 0 saturated heterocycles. The molecule has 0 bridgehead atoms. The molecule has 0 radical (unpaired) electrons. The van der Waals surface area contributed by atoms with Crippen LogP contribution in [0.15, 0.2) is 35.1 Å². The molecule has 2 N–H and O–H groups in total. The molecule has 1 unspecified atom stereocenters. The van der Waals surface area contributed by atoms with E-state index in [1.165, 1.54) is 6.33 Å². The molecule has 9 heteroatoms. The number of carbonyl (C=O) groups excluding carboxylic acids is 1. The van der Waals surface area contributed by atoms with Crippen molar-refractivity contribution in [2.45, 2.75) is 33.2 Å². The second kappa shape index (κ2) is 8.43. The zero-order chi connectivity index (χ0) is 19.2. The number of H-pyrrole nitrogens is 1. The van der Waals surface area contributed by atoms with Crippen LogP contribution in [0.2, 0.25) is 0 Å². The highest BCUT2D eigenvalue weighted by molar-refractivity contribution is 5.94. The van der Waals surface area contributed by atoms with Gasteiger partial charge in [-0.05, 0) is 36.6 Å². The summed E-state index contributed by atoms with van der Waals surface area (Å²) < 4.78 is 10.9. The molecule has 0 spiro atoms. The molecule has 2 aromatic heterocycles. The molecule has 3 rings (SSSR count). The maximum atomic E-state index is 12.6. The van der Waals surface area contributed by atoms with Crippen molar-refractivity contribution in [1.82, 2.24) is 30.6 Å². The number of carbonyl (C=O) groups is 1. The first-order chi connectivity index (χ1) is 13.1. The van der Waals surface area contributed by atoms with Gasteiger partial charge in [0.2, 0.25) is 11.7 Å². The Labute approximate surface area is 156 Å². The average Bonchev–Trinajstić information content (AvgIpc) is 3.35. The van der Waals surface area contributed by atoms with Gasteiger partial charge in [0.1, 0.15) is 18.1 Å². The first kappa shape index (κ1) is 18.6. The zero-order valence-corrected chi connectivity index (χ0v) is 15.5. The topological polar surface area (TPSA) is 119 Å². The fourth-order valence-corrected chi connectivity index (χ4v) is 2.43. The summed E-state index contributed by atoms with van der Waals surface area (Å²) in [6, 6.07) is 6.59. The Hall–Kier alpha value is -3.23. The minimum atomic E-state index is -0.433. The van der Waals surface area contributed by atoms with Crippen molar-refractivity contribution in [2.75, 3.05) is 6.61 Å². The van der Waals surface area contributed by atoms with Crippen molar-refractivity contribution in [3.63, 3.8) is 0 Å². The molecule has 27 heavy (non-hydrogen) atoms. The SMILES string of the molecule is CCCOc1ccc(C(=O)NC(c2nc(-c3ncn[nH]3)no2)C(C)C)cc1. The van der Waals surface area contributed by atoms with E-state index in [4.69, 9.17) is 9.26 Å². The molecule has 0 aliphatic rings. The first-order valence-corrected chi connectivity index (χ1v) is 8.81. The Morgan fingerprint density at radius 3 is 2.70 bits per heavy atom. The van der Waals surface area contributed by atoms with Gasteiger partial charge in [0.05, 0.1) is 6.61 Å². The Balaban J connectivity index is 1.71. The second-order valence-electron chi connectivity index (χ2n) is 6.36. The van der Waals surface area contributed by atoms with Crippen LogP contribution in [0.25, 0.3) is 11.6 Å². The number of nitrogens with zero attached hydrogens (tertiary/aromatic N) is 4. The van der Waals surface area contributed by atoms with Gasteiger partial charge in [0.15, 0.2) is 5.82 Å². The number of rotatable bonds is 8.